The Morgan fingerprint density at radius 3 is 2.39 bits per heavy atom. The van der Waals surface area contributed by atoms with E-state index in [1.807, 2.05) is 33.9 Å². The Hall–Kier alpha value is -0.430. The first-order valence-electron chi connectivity index (χ1n) is 5.63. The van der Waals surface area contributed by atoms with Gasteiger partial charge < -0.3 is 5.32 Å². The highest BCUT2D eigenvalue weighted by Gasteiger charge is 2.24. The summed E-state index contributed by atoms with van der Waals surface area (Å²) >= 11 is 3.29. The Kier molecular flexibility index (Phi) is 4.94. The normalized spacial score (nSPS) is 12.7. The summed E-state index contributed by atoms with van der Waals surface area (Å²) in [4.78, 5) is 0.269. The summed E-state index contributed by atoms with van der Waals surface area (Å²) in [5.74, 6) is 0. The zero-order valence-corrected chi connectivity index (χ0v) is 13.4. The molecule has 1 aromatic carbocycles. The molecule has 0 bridgehead atoms. The molecule has 1 aromatic rings. The smallest absolute Gasteiger partial charge is 0.242 e. The highest BCUT2D eigenvalue weighted by molar-refractivity contribution is 9.10. The number of rotatable bonds is 4. The summed E-state index contributed by atoms with van der Waals surface area (Å²) in [5, 5.41) is 3.00. The van der Waals surface area contributed by atoms with Gasteiger partial charge >= 0.3 is 0 Å². The Bertz CT molecular complexity index is 521. The maximum absolute atomic E-state index is 12.3. The van der Waals surface area contributed by atoms with Gasteiger partial charge in [0.05, 0.1) is 4.90 Å². The second-order valence-electron chi connectivity index (χ2n) is 5.15. The number of halogens is 1. The van der Waals surface area contributed by atoms with Crippen LogP contribution in [0, 0.1) is 0 Å². The molecule has 4 nitrogen and oxygen atoms in total. The number of hydrogen-bond donors (Lipinski definition) is 2. The number of hydrogen-bond acceptors (Lipinski definition) is 3. The lowest BCUT2D eigenvalue weighted by Crippen LogP contribution is -2.40. The van der Waals surface area contributed by atoms with Crippen molar-refractivity contribution in [1.29, 1.82) is 0 Å². The molecule has 1 rings (SSSR count). The van der Waals surface area contributed by atoms with Crippen LogP contribution in [0.25, 0.3) is 0 Å². The molecular formula is C12H19BrN2O2S. The van der Waals surface area contributed by atoms with Crippen LogP contribution >= 0.6 is 15.9 Å². The van der Waals surface area contributed by atoms with E-state index in [1.165, 1.54) is 0 Å². The molecule has 18 heavy (non-hydrogen) atoms. The Morgan fingerprint density at radius 2 is 1.89 bits per heavy atom. The third-order valence-electron chi connectivity index (χ3n) is 2.11. The summed E-state index contributed by atoms with van der Waals surface area (Å²) in [6, 6.07) is 5.31. The molecule has 0 aliphatic carbocycles. The van der Waals surface area contributed by atoms with Gasteiger partial charge in [-0.25, -0.2) is 13.1 Å². The molecule has 0 atom stereocenters. The molecule has 2 N–H and O–H groups in total. The standard InChI is InChI=1S/C12H19BrN2O2S/c1-12(2,3)15-18(16,17)11-7-9(8-14-4)5-6-10(11)13/h5-7,14-15H,8H2,1-4H3. The van der Waals surface area contributed by atoms with Gasteiger partial charge in [-0.15, -0.1) is 0 Å². The zero-order valence-electron chi connectivity index (χ0n) is 11.0. The van der Waals surface area contributed by atoms with Crippen molar-refractivity contribution in [2.24, 2.45) is 0 Å². The van der Waals surface area contributed by atoms with Crippen molar-refractivity contribution in [2.75, 3.05) is 7.05 Å². The van der Waals surface area contributed by atoms with E-state index in [1.54, 1.807) is 12.1 Å². The number of nitrogens with one attached hydrogen (secondary N) is 2. The fourth-order valence-electron chi connectivity index (χ4n) is 1.53. The van der Waals surface area contributed by atoms with Crippen LogP contribution in [-0.2, 0) is 16.6 Å². The highest BCUT2D eigenvalue weighted by atomic mass is 79.9. The van der Waals surface area contributed by atoms with Gasteiger partial charge in [0.2, 0.25) is 10.0 Å². The molecule has 0 unspecified atom stereocenters. The van der Waals surface area contributed by atoms with Gasteiger partial charge in [0, 0.05) is 16.6 Å². The molecule has 0 saturated carbocycles. The Labute approximate surface area is 117 Å². The number of benzene rings is 1. The van der Waals surface area contributed by atoms with E-state index in [4.69, 9.17) is 0 Å². The van der Waals surface area contributed by atoms with Crippen molar-refractivity contribution in [1.82, 2.24) is 10.0 Å². The van der Waals surface area contributed by atoms with Crippen LogP contribution < -0.4 is 10.0 Å². The molecule has 102 valence electrons. The monoisotopic (exact) mass is 334 g/mol. The topological polar surface area (TPSA) is 58.2 Å². The predicted octanol–water partition coefficient (Wildman–Crippen LogP) is 2.25. The van der Waals surface area contributed by atoms with Crippen molar-refractivity contribution in [3.8, 4) is 0 Å². The fraction of sp³-hybridized carbons (Fsp3) is 0.500. The second-order valence-corrected chi connectivity index (χ2v) is 7.66. The molecule has 0 fully saturated rings. The van der Waals surface area contributed by atoms with Crippen molar-refractivity contribution in [3.05, 3.63) is 28.2 Å². The Morgan fingerprint density at radius 1 is 1.28 bits per heavy atom. The van der Waals surface area contributed by atoms with Gasteiger partial charge in [0.25, 0.3) is 0 Å². The summed E-state index contributed by atoms with van der Waals surface area (Å²) < 4.78 is 27.7. The van der Waals surface area contributed by atoms with Crippen molar-refractivity contribution >= 4 is 26.0 Å². The molecule has 0 spiro atoms. The van der Waals surface area contributed by atoms with Crippen LogP contribution in [0.2, 0.25) is 0 Å². The van der Waals surface area contributed by atoms with E-state index in [2.05, 4.69) is 26.0 Å². The molecule has 6 heteroatoms. The van der Waals surface area contributed by atoms with E-state index in [0.717, 1.165) is 5.56 Å². The zero-order chi connectivity index (χ0) is 14.0. The highest BCUT2D eigenvalue weighted by Crippen LogP contribution is 2.24. The minimum Gasteiger partial charge on any atom is -0.316 e. The minimum absolute atomic E-state index is 0.269. The Balaban J connectivity index is 3.19. The van der Waals surface area contributed by atoms with E-state index in [0.29, 0.717) is 11.0 Å². The van der Waals surface area contributed by atoms with E-state index in [9.17, 15) is 8.42 Å². The summed E-state index contributed by atoms with van der Waals surface area (Å²) in [6.45, 7) is 6.08. The van der Waals surface area contributed by atoms with Crippen LogP contribution in [0.15, 0.2) is 27.6 Å². The first-order valence-corrected chi connectivity index (χ1v) is 7.90. The van der Waals surface area contributed by atoms with Gasteiger partial charge in [0.15, 0.2) is 0 Å². The molecule has 0 amide bonds. The second kappa shape index (κ2) is 5.69. The molecule has 0 aliphatic rings. The summed E-state index contributed by atoms with van der Waals surface area (Å²) in [6.07, 6.45) is 0. The largest absolute Gasteiger partial charge is 0.316 e. The van der Waals surface area contributed by atoms with Crippen molar-refractivity contribution < 1.29 is 8.42 Å². The van der Waals surface area contributed by atoms with E-state index >= 15 is 0 Å². The maximum atomic E-state index is 12.3. The van der Waals surface area contributed by atoms with E-state index < -0.39 is 15.6 Å². The van der Waals surface area contributed by atoms with Crippen LogP contribution in [-0.4, -0.2) is 21.0 Å². The van der Waals surface area contributed by atoms with E-state index in [-0.39, 0.29) is 4.90 Å². The van der Waals surface area contributed by atoms with Crippen LogP contribution in [0.3, 0.4) is 0 Å². The quantitative estimate of drug-likeness (QED) is 0.887. The molecule has 0 saturated heterocycles. The van der Waals surface area contributed by atoms with Crippen molar-refractivity contribution in [2.45, 2.75) is 37.8 Å². The van der Waals surface area contributed by atoms with Gasteiger partial charge in [-0.2, -0.15) is 0 Å². The minimum atomic E-state index is -3.51. The third-order valence-corrected chi connectivity index (χ3v) is 4.86. The molecule has 0 aromatic heterocycles. The van der Waals surface area contributed by atoms with Crippen LogP contribution in [0.5, 0.6) is 0 Å². The molecule has 0 radical (unpaired) electrons. The van der Waals surface area contributed by atoms with Gasteiger partial charge in [-0.1, -0.05) is 6.07 Å². The first-order chi connectivity index (χ1) is 8.15. The number of sulfonamides is 1. The van der Waals surface area contributed by atoms with Crippen molar-refractivity contribution in [3.63, 3.8) is 0 Å². The maximum Gasteiger partial charge on any atom is 0.242 e. The average molecular weight is 335 g/mol. The van der Waals surface area contributed by atoms with Gasteiger partial charge in [-0.3, -0.25) is 0 Å². The average Bonchev–Trinajstić information content (AvgIpc) is 2.17. The van der Waals surface area contributed by atoms with Gasteiger partial charge in [-0.05, 0) is 61.4 Å². The SMILES string of the molecule is CNCc1ccc(Br)c(S(=O)(=O)NC(C)(C)C)c1. The van der Waals surface area contributed by atoms with Crippen LogP contribution in [0.4, 0.5) is 0 Å². The molecular weight excluding hydrogens is 316 g/mol. The summed E-state index contributed by atoms with van der Waals surface area (Å²) in [7, 11) is -1.69. The summed E-state index contributed by atoms with van der Waals surface area (Å²) in [5.41, 5.74) is 0.423. The first kappa shape index (κ1) is 15.6. The predicted molar refractivity (Wildman–Crippen MR) is 77.0 cm³/mol. The molecule has 0 heterocycles. The lowest BCUT2D eigenvalue weighted by Gasteiger charge is -2.21. The fourth-order valence-corrected chi connectivity index (χ4v) is 3.96. The lowest BCUT2D eigenvalue weighted by atomic mass is 10.1. The lowest BCUT2D eigenvalue weighted by molar-refractivity contribution is 0.491. The van der Waals surface area contributed by atoms with Crippen LogP contribution in [0.1, 0.15) is 26.3 Å². The van der Waals surface area contributed by atoms with Gasteiger partial charge in [0.1, 0.15) is 0 Å². The third kappa shape index (κ3) is 4.35. The molecule has 0 aliphatic heterocycles.